The average molecular weight is 113 g/mol. The summed E-state index contributed by atoms with van der Waals surface area (Å²) in [5.41, 5.74) is 0. The van der Waals surface area contributed by atoms with Crippen LogP contribution in [-0.2, 0) is 0 Å². The van der Waals surface area contributed by atoms with Gasteiger partial charge >= 0.3 is 0 Å². The molecular formula is C5H11N3. The Morgan fingerprint density at radius 1 is 1.25 bits per heavy atom. The van der Waals surface area contributed by atoms with Crippen molar-refractivity contribution in [3.05, 3.63) is 0 Å². The van der Waals surface area contributed by atoms with E-state index in [-0.39, 0.29) is 0 Å². The van der Waals surface area contributed by atoms with Gasteiger partial charge in [-0.2, -0.15) is 5.10 Å². The second-order valence-electron chi connectivity index (χ2n) is 1.52. The van der Waals surface area contributed by atoms with Crippen molar-refractivity contribution in [3.8, 4) is 0 Å². The number of aliphatic imine (C=N–C) groups is 1. The van der Waals surface area contributed by atoms with Crippen molar-refractivity contribution < 1.29 is 0 Å². The topological polar surface area (TPSA) is 28.0 Å². The quantitative estimate of drug-likeness (QED) is 0.372. The van der Waals surface area contributed by atoms with E-state index in [0.717, 1.165) is 0 Å². The van der Waals surface area contributed by atoms with Gasteiger partial charge in [0, 0.05) is 27.4 Å². The molecule has 0 aliphatic heterocycles. The first kappa shape index (κ1) is 7.14. The van der Waals surface area contributed by atoms with Crippen LogP contribution >= 0.6 is 0 Å². The first-order valence-corrected chi connectivity index (χ1v) is 2.39. The summed E-state index contributed by atoms with van der Waals surface area (Å²) in [4.78, 5) is 3.71. The van der Waals surface area contributed by atoms with Gasteiger partial charge in [0.25, 0.3) is 0 Å². The number of hydrogen-bond acceptors (Lipinski definition) is 3. The summed E-state index contributed by atoms with van der Waals surface area (Å²) in [7, 11) is 5.43. The van der Waals surface area contributed by atoms with Gasteiger partial charge in [0.2, 0.25) is 0 Å². The summed E-state index contributed by atoms with van der Waals surface area (Å²) in [6, 6.07) is 0. The fraction of sp³-hybridized carbons (Fsp3) is 0.600. The Bertz CT molecular complexity index is 93.8. The predicted molar refractivity (Wildman–Crippen MR) is 36.6 cm³/mol. The summed E-state index contributed by atoms with van der Waals surface area (Å²) in [6.07, 6.45) is 3.28. The van der Waals surface area contributed by atoms with Gasteiger partial charge in [-0.1, -0.05) is 0 Å². The molecule has 3 nitrogen and oxygen atoms in total. The van der Waals surface area contributed by atoms with Crippen LogP contribution in [0.4, 0.5) is 0 Å². The lowest BCUT2D eigenvalue weighted by molar-refractivity contribution is 0.441. The van der Waals surface area contributed by atoms with Gasteiger partial charge in [-0.05, 0) is 0 Å². The van der Waals surface area contributed by atoms with E-state index < -0.39 is 0 Å². The molecule has 0 rings (SSSR count). The summed E-state index contributed by atoms with van der Waals surface area (Å²) in [5.74, 6) is 0. The lowest BCUT2D eigenvalue weighted by atomic mass is 10.8. The van der Waals surface area contributed by atoms with E-state index in [4.69, 9.17) is 0 Å². The standard InChI is InChI=1S/C5H11N3/c1-6-4-5-7-8(2)3/h4-5H,1-3H3/b6-4+,7-5+. The Kier molecular flexibility index (Phi) is 3.84. The van der Waals surface area contributed by atoms with Gasteiger partial charge in [-0.3, -0.25) is 4.99 Å². The van der Waals surface area contributed by atoms with Crippen LogP contribution in [0.5, 0.6) is 0 Å². The molecule has 0 saturated carbocycles. The van der Waals surface area contributed by atoms with Crippen molar-refractivity contribution in [2.75, 3.05) is 21.1 Å². The lowest BCUT2D eigenvalue weighted by Crippen LogP contribution is -2.01. The third kappa shape index (κ3) is 5.14. The zero-order chi connectivity index (χ0) is 6.41. The normalized spacial score (nSPS) is 11.4. The van der Waals surface area contributed by atoms with Crippen molar-refractivity contribution in [1.29, 1.82) is 0 Å². The van der Waals surface area contributed by atoms with Crippen LogP contribution in [0.1, 0.15) is 0 Å². The van der Waals surface area contributed by atoms with Gasteiger partial charge in [0.1, 0.15) is 0 Å². The largest absolute Gasteiger partial charge is 0.303 e. The third-order valence-electron chi connectivity index (χ3n) is 0.513. The average Bonchev–Trinajstić information content (AvgIpc) is 1.66. The van der Waals surface area contributed by atoms with Crippen molar-refractivity contribution >= 4 is 12.4 Å². The highest BCUT2D eigenvalue weighted by Crippen LogP contribution is 1.67. The molecule has 0 radical (unpaired) electrons. The van der Waals surface area contributed by atoms with E-state index in [1.165, 1.54) is 0 Å². The zero-order valence-corrected chi connectivity index (χ0v) is 5.50. The number of rotatable bonds is 2. The van der Waals surface area contributed by atoms with E-state index in [1.54, 1.807) is 24.5 Å². The van der Waals surface area contributed by atoms with Gasteiger partial charge in [-0.25, -0.2) is 0 Å². The van der Waals surface area contributed by atoms with Crippen LogP contribution in [0.2, 0.25) is 0 Å². The number of nitrogens with zero attached hydrogens (tertiary/aromatic N) is 3. The first-order valence-electron chi connectivity index (χ1n) is 2.39. The molecule has 0 spiro atoms. The highest BCUT2D eigenvalue weighted by Gasteiger charge is 1.69. The van der Waals surface area contributed by atoms with Crippen LogP contribution < -0.4 is 0 Å². The minimum Gasteiger partial charge on any atom is -0.303 e. The maximum Gasteiger partial charge on any atom is 0.0648 e. The summed E-state index contributed by atoms with van der Waals surface area (Å²) < 4.78 is 0. The van der Waals surface area contributed by atoms with E-state index in [9.17, 15) is 0 Å². The number of hydrogen-bond donors (Lipinski definition) is 0. The van der Waals surface area contributed by atoms with Crippen LogP contribution in [0.15, 0.2) is 10.1 Å². The molecule has 0 aliphatic carbocycles. The maximum absolute atomic E-state index is 3.87. The Morgan fingerprint density at radius 3 is 2.25 bits per heavy atom. The number of hydrazone groups is 1. The molecule has 0 aromatic rings. The van der Waals surface area contributed by atoms with Crippen molar-refractivity contribution in [2.24, 2.45) is 10.1 Å². The molecule has 0 amide bonds. The Hall–Kier alpha value is -0.860. The monoisotopic (exact) mass is 113 g/mol. The van der Waals surface area contributed by atoms with E-state index >= 15 is 0 Å². The van der Waals surface area contributed by atoms with Gasteiger partial charge in [0.15, 0.2) is 0 Å². The van der Waals surface area contributed by atoms with Crippen molar-refractivity contribution in [3.63, 3.8) is 0 Å². The summed E-state index contributed by atoms with van der Waals surface area (Å²) in [5, 5.41) is 5.58. The summed E-state index contributed by atoms with van der Waals surface area (Å²) in [6.45, 7) is 0. The SMILES string of the molecule is C/N=C/C=N/N(C)C. The predicted octanol–water partition coefficient (Wildman–Crippen LogP) is 0.234. The Labute approximate surface area is 49.7 Å². The summed E-state index contributed by atoms with van der Waals surface area (Å²) >= 11 is 0. The highest BCUT2D eigenvalue weighted by atomic mass is 15.4. The molecule has 0 bridgehead atoms. The van der Waals surface area contributed by atoms with Crippen LogP contribution in [0.3, 0.4) is 0 Å². The smallest absolute Gasteiger partial charge is 0.0648 e. The maximum atomic E-state index is 3.87. The minimum atomic E-state index is 1.64. The van der Waals surface area contributed by atoms with E-state index in [0.29, 0.717) is 0 Å². The first-order chi connectivity index (χ1) is 3.77. The van der Waals surface area contributed by atoms with E-state index in [2.05, 4.69) is 10.1 Å². The van der Waals surface area contributed by atoms with Crippen LogP contribution in [0, 0.1) is 0 Å². The van der Waals surface area contributed by atoms with Crippen LogP contribution in [0.25, 0.3) is 0 Å². The van der Waals surface area contributed by atoms with Gasteiger partial charge in [0.05, 0.1) is 6.21 Å². The minimum absolute atomic E-state index is 1.64. The highest BCUT2D eigenvalue weighted by molar-refractivity contribution is 6.15. The molecule has 0 fully saturated rings. The molecular weight excluding hydrogens is 102 g/mol. The van der Waals surface area contributed by atoms with Gasteiger partial charge in [-0.15, -0.1) is 0 Å². The fourth-order valence-corrected chi connectivity index (χ4v) is 0.230. The molecule has 3 heteroatoms. The van der Waals surface area contributed by atoms with Crippen molar-refractivity contribution in [2.45, 2.75) is 0 Å². The molecule has 0 N–H and O–H groups in total. The third-order valence-corrected chi connectivity index (χ3v) is 0.513. The molecule has 46 valence electrons. The van der Waals surface area contributed by atoms with Crippen molar-refractivity contribution in [1.82, 2.24) is 5.01 Å². The second kappa shape index (κ2) is 4.30. The molecule has 0 saturated heterocycles. The molecule has 8 heavy (non-hydrogen) atoms. The molecule has 0 unspecified atom stereocenters. The molecule has 0 atom stereocenters. The second-order valence-corrected chi connectivity index (χ2v) is 1.52. The Balaban J connectivity index is 3.34. The van der Waals surface area contributed by atoms with Gasteiger partial charge < -0.3 is 5.01 Å². The Morgan fingerprint density at radius 2 is 1.88 bits per heavy atom. The molecule has 0 heterocycles. The lowest BCUT2D eigenvalue weighted by Gasteiger charge is -1.99. The molecule has 0 aliphatic rings. The fourth-order valence-electron chi connectivity index (χ4n) is 0.230. The molecule has 0 aromatic carbocycles. The van der Waals surface area contributed by atoms with E-state index in [1.807, 2.05) is 14.1 Å². The van der Waals surface area contributed by atoms with Crippen LogP contribution in [-0.4, -0.2) is 38.6 Å². The zero-order valence-electron chi connectivity index (χ0n) is 5.50. The molecule has 0 aromatic heterocycles.